The first kappa shape index (κ1) is 21.1. The molecule has 2 amide bonds. The molecule has 2 aromatic rings. The highest BCUT2D eigenvalue weighted by Crippen LogP contribution is 2.12. The molecular weight excluding hydrogens is 384 g/mol. The van der Waals surface area contributed by atoms with Gasteiger partial charge in [0.2, 0.25) is 0 Å². The van der Waals surface area contributed by atoms with Crippen LogP contribution in [0, 0.1) is 0 Å². The number of amides is 2. The number of carbonyl (C=O) groups excluding carboxylic acids is 3. The van der Waals surface area contributed by atoms with Crippen molar-refractivity contribution in [2.45, 2.75) is 4.90 Å². The zero-order valence-corrected chi connectivity index (χ0v) is 16.4. The van der Waals surface area contributed by atoms with Gasteiger partial charge in [-0.05, 0) is 48.5 Å². The lowest BCUT2D eigenvalue weighted by Crippen LogP contribution is -2.22. The summed E-state index contributed by atoms with van der Waals surface area (Å²) in [6.07, 6.45) is 1.06. The number of sulfone groups is 1. The minimum absolute atomic E-state index is 0.0815. The fraction of sp³-hybridized carbons (Fsp3) is 0.211. The van der Waals surface area contributed by atoms with Crippen molar-refractivity contribution in [2.24, 2.45) is 0 Å². The summed E-state index contributed by atoms with van der Waals surface area (Å²) in [6, 6.07) is 11.5. The zero-order chi connectivity index (χ0) is 20.9. The van der Waals surface area contributed by atoms with Gasteiger partial charge in [0.1, 0.15) is 0 Å². The van der Waals surface area contributed by atoms with Crippen LogP contribution < -0.4 is 5.32 Å². The van der Waals surface area contributed by atoms with Gasteiger partial charge in [-0.3, -0.25) is 9.59 Å². The van der Waals surface area contributed by atoms with Crippen molar-refractivity contribution in [2.75, 3.05) is 32.3 Å². The summed E-state index contributed by atoms with van der Waals surface area (Å²) < 4.78 is 27.7. The Morgan fingerprint density at radius 2 is 1.46 bits per heavy atom. The van der Waals surface area contributed by atoms with E-state index in [-0.39, 0.29) is 16.4 Å². The molecule has 0 atom stereocenters. The summed E-state index contributed by atoms with van der Waals surface area (Å²) in [5.74, 6) is -1.45. The molecule has 28 heavy (non-hydrogen) atoms. The Bertz CT molecular complexity index is 980. The maximum absolute atomic E-state index is 12.0. The molecule has 148 valence electrons. The van der Waals surface area contributed by atoms with Crippen molar-refractivity contribution in [1.29, 1.82) is 0 Å². The first-order valence-electron chi connectivity index (χ1n) is 8.17. The normalized spacial score (nSPS) is 10.8. The first-order valence-corrected chi connectivity index (χ1v) is 10.1. The van der Waals surface area contributed by atoms with Crippen LogP contribution in [-0.4, -0.2) is 58.1 Å². The van der Waals surface area contributed by atoms with E-state index in [0.29, 0.717) is 11.3 Å². The summed E-state index contributed by atoms with van der Waals surface area (Å²) in [5.41, 5.74) is 1.06. The molecule has 0 unspecified atom stereocenters. The van der Waals surface area contributed by atoms with E-state index >= 15 is 0 Å². The fourth-order valence-electron chi connectivity index (χ4n) is 2.20. The average Bonchev–Trinajstić information content (AvgIpc) is 2.65. The number of rotatable bonds is 6. The number of esters is 1. The largest absolute Gasteiger partial charge is 0.452 e. The van der Waals surface area contributed by atoms with Gasteiger partial charge >= 0.3 is 5.97 Å². The number of hydrogen-bond acceptors (Lipinski definition) is 6. The first-order chi connectivity index (χ1) is 13.1. The Labute approximate surface area is 163 Å². The Hall–Kier alpha value is -3.20. The quantitative estimate of drug-likeness (QED) is 0.732. The molecule has 1 N–H and O–H groups in total. The van der Waals surface area contributed by atoms with Crippen molar-refractivity contribution < 1.29 is 27.5 Å². The van der Waals surface area contributed by atoms with Gasteiger partial charge in [0.25, 0.3) is 11.8 Å². The summed E-state index contributed by atoms with van der Waals surface area (Å²) >= 11 is 0. The second-order valence-corrected chi connectivity index (χ2v) is 8.21. The SMILES string of the molecule is CN(C)C(=O)c1ccc(NC(=O)COC(=O)c2ccc(S(C)(=O)=O)cc2)cc1. The number of hydrogen-bond donors (Lipinski definition) is 1. The van der Waals surface area contributed by atoms with Crippen LogP contribution in [0.3, 0.4) is 0 Å². The Morgan fingerprint density at radius 1 is 0.929 bits per heavy atom. The van der Waals surface area contributed by atoms with Crippen LogP contribution in [0.15, 0.2) is 53.4 Å². The molecule has 8 nitrogen and oxygen atoms in total. The molecule has 0 heterocycles. The molecule has 0 bridgehead atoms. The van der Waals surface area contributed by atoms with Gasteiger partial charge < -0.3 is 15.0 Å². The monoisotopic (exact) mass is 404 g/mol. The van der Waals surface area contributed by atoms with Crippen molar-refractivity contribution in [1.82, 2.24) is 4.90 Å². The molecule has 2 aromatic carbocycles. The predicted octanol–water partition coefficient (Wildman–Crippen LogP) is 1.59. The van der Waals surface area contributed by atoms with E-state index in [2.05, 4.69) is 5.32 Å². The third kappa shape index (κ3) is 5.65. The van der Waals surface area contributed by atoms with Gasteiger partial charge in [-0.15, -0.1) is 0 Å². The van der Waals surface area contributed by atoms with E-state index in [1.54, 1.807) is 38.4 Å². The van der Waals surface area contributed by atoms with Crippen molar-refractivity contribution in [3.05, 3.63) is 59.7 Å². The topological polar surface area (TPSA) is 110 Å². The predicted molar refractivity (Wildman–Crippen MR) is 103 cm³/mol. The van der Waals surface area contributed by atoms with E-state index in [0.717, 1.165) is 6.26 Å². The van der Waals surface area contributed by atoms with Crippen LogP contribution in [0.2, 0.25) is 0 Å². The number of nitrogens with one attached hydrogen (secondary N) is 1. The molecule has 0 aliphatic rings. The number of ether oxygens (including phenoxy) is 1. The van der Waals surface area contributed by atoms with Crippen molar-refractivity contribution in [3.63, 3.8) is 0 Å². The molecule has 0 radical (unpaired) electrons. The molecular formula is C19H20N2O6S. The highest BCUT2D eigenvalue weighted by Gasteiger charge is 2.13. The van der Waals surface area contributed by atoms with Crippen LogP contribution in [-0.2, 0) is 19.4 Å². The van der Waals surface area contributed by atoms with Crippen LogP contribution in [0.1, 0.15) is 20.7 Å². The Morgan fingerprint density at radius 3 is 1.96 bits per heavy atom. The van der Waals surface area contributed by atoms with E-state index in [4.69, 9.17) is 4.74 Å². The van der Waals surface area contributed by atoms with Crippen LogP contribution in [0.4, 0.5) is 5.69 Å². The molecule has 0 spiro atoms. The van der Waals surface area contributed by atoms with E-state index in [1.807, 2.05) is 0 Å². The molecule has 2 rings (SSSR count). The third-order valence-electron chi connectivity index (χ3n) is 3.67. The second kappa shape index (κ2) is 8.66. The van der Waals surface area contributed by atoms with Crippen molar-refractivity contribution in [3.8, 4) is 0 Å². The van der Waals surface area contributed by atoms with E-state index in [9.17, 15) is 22.8 Å². The van der Waals surface area contributed by atoms with E-state index in [1.165, 1.54) is 29.2 Å². The van der Waals surface area contributed by atoms with E-state index < -0.39 is 28.3 Å². The number of benzene rings is 2. The summed E-state index contributed by atoms with van der Waals surface area (Å²) in [4.78, 5) is 37.2. The fourth-order valence-corrected chi connectivity index (χ4v) is 2.83. The lowest BCUT2D eigenvalue weighted by molar-refractivity contribution is -0.119. The average molecular weight is 404 g/mol. The van der Waals surface area contributed by atoms with Gasteiger partial charge in [0.15, 0.2) is 16.4 Å². The third-order valence-corrected chi connectivity index (χ3v) is 4.80. The second-order valence-electron chi connectivity index (χ2n) is 6.20. The molecule has 0 aliphatic carbocycles. The molecule has 0 aromatic heterocycles. The smallest absolute Gasteiger partial charge is 0.338 e. The van der Waals surface area contributed by atoms with Gasteiger partial charge in [-0.25, -0.2) is 13.2 Å². The maximum atomic E-state index is 12.0. The lowest BCUT2D eigenvalue weighted by Gasteiger charge is -2.11. The van der Waals surface area contributed by atoms with Gasteiger partial charge in [0, 0.05) is 31.6 Å². The minimum Gasteiger partial charge on any atom is -0.452 e. The summed E-state index contributed by atoms with van der Waals surface area (Å²) in [5, 5.41) is 2.55. The number of nitrogens with zero attached hydrogens (tertiary/aromatic N) is 1. The summed E-state index contributed by atoms with van der Waals surface area (Å²) in [7, 11) is -0.0790. The highest BCUT2D eigenvalue weighted by atomic mass is 32.2. The standard InChI is InChI=1S/C19H20N2O6S/c1-21(2)18(23)13-4-8-15(9-5-13)20-17(22)12-27-19(24)14-6-10-16(11-7-14)28(3,25)26/h4-11H,12H2,1-3H3,(H,20,22). The van der Waals surface area contributed by atoms with Crippen LogP contribution in [0.5, 0.6) is 0 Å². The number of anilines is 1. The Kier molecular flexibility index (Phi) is 6.53. The molecule has 9 heteroatoms. The lowest BCUT2D eigenvalue weighted by atomic mass is 10.2. The van der Waals surface area contributed by atoms with Crippen molar-refractivity contribution >= 4 is 33.3 Å². The molecule has 0 aliphatic heterocycles. The molecule has 0 fully saturated rings. The van der Waals surface area contributed by atoms with Gasteiger partial charge in [-0.2, -0.15) is 0 Å². The van der Waals surface area contributed by atoms with Crippen LogP contribution >= 0.6 is 0 Å². The van der Waals surface area contributed by atoms with Gasteiger partial charge in [0.05, 0.1) is 10.5 Å². The number of carbonyl (C=O) groups is 3. The van der Waals surface area contributed by atoms with Gasteiger partial charge in [-0.1, -0.05) is 0 Å². The Balaban J connectivity index is 1.90. The highest BCUT2D eigenvalue weighted by molar-refractivity contribution is 7.90. The zero-order valence-electron chi connectivity index (χ0n) is 15.6. The summed E-state index contributed by atoms with van der Waals surface area (Å²) in [6.45, 7) is -0.509. The minimum atomic E-state index is -3.36. The maximum Gasteiger partial charge on any atom is 0.338 e. The van der Waals surface area contributed by atoms with Crippen LogP contribution in [0.25, 0.3) is 0 Å². The molecule has 0 saturated carbocycles. The molecule has 0 saturated heterocycles.